The summed E-state index contributed by atoms with van der Waals surface area (Å²) in [6.45, 7) is -0.439. The number of carbonyl (C=O) groups excluding carboxylic acids is 3. The molecule has 1 aliphatic rings. The lowest BCUT2D eigenvalue weighted by Gasteiger charge is -2.15. The quantitative estimate of drug-likeness (QED) is 0.574. The molecule has 0 aromatic heterocycles. The Morgan fingerprint density at radius 1 is 0.962 bits per heavy atom. The molecule has 3 rings (SSSR count). The molecule has 0 bridgehead atoms. The van der Waals surface area contributed by atoms with Crippen LogP contribution in [0.25, 0.3) is 0 Å². The second-order valence-corrected chi connectivity index (χ2v) is 6.31. The molecular weight excluding hydrogens is 381 g/mol. The van der Waals surface area contributed by atoms with E-state index in [2.05, 4.69) is 0 Å². The lowest BCUT2D eigenvalue weighted by Crippen LogP contribution is -2.35. The van der Waals surface area contributed by atoms with Gasteiger partial charge in [0.2, 0.25) is 0 Å². The molecule has 0 aliphatic carbocycles. The number of amides is 2. The van der Waals surface area contributed by atoms with Crippen molar-refractivity contribution in [2.45, 2.75) is 0 Å². The van der Waals surface area contributed by atoms with E-state index in [1.54, 1.807) is 12.1 Å². The van der Waals surface area contributed by atoms with Gasteiger partial charge < -0.3 is 9.47 Å². The highest BCUT2D eigenvalue weighted by molar-refractivity contribution is 6.43. The summed E-state index contributed by atoms with van der Waals surface area (Å²) in [5, 5.41) is 0.323. The normalized spacial score (nSPS) is 13.0. The molecule has 2 aromatic rings. The van der Waals surface area contributed by atoms with Crippen molar-refractivity contribution in [1.29, 1.82) is 0 Å². The van der Waals surface area contributed by atoms with E-state index in [0.29, 0.717) is 11.5 Å². The Hall–Kier alpha value is -2.57. The monoisotopic (exact) mass is 393 g/mol. The molecule has 1 aliphatic heterocycles. The third-order valence-corrected chi connectivity index (χ3v) is 4.74. The van der Waals surface area contributed by atoms with Gasteiger partial charge in [-0.2, -0.15) is 0 Å². The highest BCUT2D eigenvalue weighted by Crippen LogP contribution is 2.32. The number of halogens is 2. The molecule has 0 fully saturated rings. The number of Topliss-reactive ketones (excluding diaryl/α,β-unsaturated/α-hetero) is 1. The van der Waals surface area contributed by atoms with Gasteiger partial charge in [0, 0.05) is 0 Å². The van der Waals surface area contributed by atoms with Crippen molar-refractivity contribution in [2.75, 3.05) is 20.8 Å². The third kappa shape index (κ3) is 3.02. The molecule has 0 saturated carbocycles. The average Bonchev–Trinajstić information content (AvgIpc) is 2.86. The highest BCUT2D eigenvalue weighted by atomic mass is 35.5. The maximum absolute atomic E-state index is 12.7. The van der Waals surface area contributed by atoms with Crippen LogP contribution < -0.4 is 9.47 Å². The Labute approximate surface area is 159 Å². The molecular formula is C18H13Cl2NO5. The molecule has 0 unspecified atom stereocenters. The largest absolute Gasteiger partial charge is 0.497 e. The Bertz CT molecular complexity index is 900. The van der Waals surface area contributed by atoms with Gasteiger partial charge in [0.1, 0.15) is 11.5 Å². The molecule has 134 valence electrons. The van der Waals surface area contributed by atoms with Gasteiger partial charge in [-0.1, -0.05) is 23.2 Å². The zero-order valence-electron chi connectivity index (χ0n) is 13.8. The summed E-state index contributed by atoms with van der Waals surface area (Å²) in [5.74, 6) is -0.890. The Kier molecular flexibility index (Phi) is 4.89. The first-order chi connectivity index (χ1) is 12.4. The maximum atomic E-state index is 12.7. The fourth-order valence-corrected chi connectivity index (χ4v) is 3.02. The predicted octanol–water partition coefficient (Wildman–Crippen LogP) is 3.49. The summed E-state index contributed by atoms with van der Waals surface area (Å²) < 4.78 is 10.3. The van der Waals surface area contributed by atoms with E-state index in [0.717, 1.165) is 4.90 Å². The van der Waals surface area contributed by atoms with Crippen molar-refractivity contribution in [2.24, 2.45) is 0 Å². The second-order valence-electron chi connectivity index (χ2n) is 5.50. The van der Waals surface area contributed by atoms with Gasteiger partial charge in [-0.15, -0.1) is 0 Å². The molecule has 0 atom stereocenters. The molecule has 0 N–H and O–H groups in total. The van der Waals surface area contributed by atoms with Gasteiger partial charge in [0.25, 0.3) is 11.8 Å². The Balaban J connectivity index is 1.92. The Morgan fingerprint density at radius 2 is 1.54 bits per heavy atom. The van der Waals surface area contributed by atoms with E-state index in [1.165, 1.54) is 32.4 Å². The van der Waals surface area contributed by atoms with E-state index in [-0.39, 0.29) is 26.7 Å². The van der Waals surface area contributed by atoms with Gasteiger partial charge in [0.15, 0.2) is 5.78 Å². The topological polar surface area (TPSA) is 72.9 Å². The van der Waals surface area contributed by atoms with Crippen LogP contribution in [-0.4, -0.2) is 43.3 Å². The van der Waals surface area contributed by atoms with Crippen molar-refractivity contribution >= 4 is 40.8 Å². The summed E-state index contributed by atoms with van der Waals surface area (Å²) in [4.78, 5) is 38.6. The number of fused-ring (bicyclic) bond motifs is 1. The standard InChI is InChI=1S/C18H13Cl2NO5/c1-25-9-3-4-16(26-2)12(5-9)15(22)8-21-17(23)10-6-13(19)14(20)7-11(10)18(21)24/h3-7H,8H2,1-2H3. The molecule has 2 aromatic carbocycles. The zero-order valence-corrected chi connectivity index (χ0v) is 15.4. The van der Waals surface area contributed by atoms with E-state index in [1.807, 2.05) is 0 Å². The van der Waals surface area contributed by atoms with E-state index in [4.69, 9.17) is 32.7 Å². The zero-order chi connectivity index (χ0) is 19.0. The number of hydrogen-bond donors (Lipinski definition) is 0. The van der Waals surface area contributed by atoms with Crippen LogP contribution in [0, 0.1) is 0 Å². The Morgan fingerprint density at radius 3 is 2.04 bits per heavy atom. The van der Waals surface area contributed by atoms with Crippen molar-refractivity contribution in [3.05, 3.63) is 57.1 Å². The fraction of sp³-hybridized carbons (Fsp3) is 0.167. The number of carbonyl (C=O) groups is 3. The van der Waals surface area contributed by atoms with Gasteiger partial charge in [0.05, 0.1) is 47.5 Å². The fourth-order valence-electron chi connectivity index (χ4n) is 2.69. The first-order valence-corrected chi connectivity index (χ1v) is 8.23. The van der Waals surface area contributed by atoms with Crippen molar-refractivity contribution < 1.29 is 23.9 Å². The summed E-state index contributed by atoms with van der Waals surface area (Å²) in [5.41, 5.74) is 0.448. The first-order valence-electron chi connectivity index (χ1n) is 7.47. The molecule has 2 amide bonds. The van der Waals surface area contributed by atoms with E-state index in [9.17, 15) is 14.4 Å². The summed E-state index contributed by atoms with van der Waals surface area (Å²) in [6.07, 6.45) is 0. The van der Waals surface area contributed by atoms with Crippen molar-refractivity contribution in [1.82, 2.24) is 4.90 Å². The van der Waals surface area contributed by atoms with Crippen molar-refractivity contribution in [3.8, 4) is 11.5 Å². The van der Waals surface area contributed by atoms with Gasteiger partial charge in [-0.3, -0.25) is 19.3 Å². The molecule has 1 heterocycles. The maximum Gasteiger partial charge on any atom is 0.262 e. The minimum Gasteiger partial charge on any atom is -0.497 e. The minimum atomic E-state index is -0.598. The molecule has 8 heteroatoms. The van der Waals surface area contributed by atoms with Gasteiger partial charge >= 0.3 is 0 Å². The molecule has 6 nitrogen and oxygen atoms in total. The number of nitrogens with zero attached hydrogens (tertiary/aromatic N) is 1. The molecule has 26 heavy (non-hydrogen) atoms. The number of methoxy groups -OCH3 is 2. The summed E-state index contributed by atoms with van der Waals surface area (Å²) in [7, 11) is 2.89. The number of hydrogen-bond acceptors (Lipinski definition) is 5. The van der Waals surface area contributed by atoms with Crippen LogP contribution >= 0.6 is 23.2 Å². The summed E-state index contributed by atoms with van der Waals surface area (Å²) >= 11 is 11.8. The minimum absolute atomic E-state index is 0.120. The smallest absolute Gasteiger partial charge is 0.262 e. The molecule has 0 radical (unpaired) electrons. The number of rotatable bonds is 5. The lowest BCUT2D eigenvalue weighted by atomic mass is 10.1. The number of ether oxygens (including phenoxy) is 2. The van der Waals surface area contributed by atoms with Crippen LogP contribution in [0.1, 0.15) is 31.1 Å². The number of ketones is 1. The van der Waals surface area contributed by atoms with Crippen LogP contribution in [0.5, 0.6) is 11.5 Å². The third-order valence-electron chi connectivity index (χ3n) is 4.02. The number of imide groups is 1. The van der Waals surface area contributed by atoms with Crippen molar-refractivity contribution in [3.63, 3.8) is 0 Å². The second kappa shape index (κ2) is 6.97. The van der Waals surface area contributed by atoms with E-state index < -0.39 is 24.1 Å². The first kappa shape index (κ1) is 18.2. The average molecular weight is 394 g/mol. The predicted molar refractivity (Wildman–Crippen MR) is 95.7 cm³/mol. The van der Waals surface area contributed by atoms with E-state index >= 15 is 0 Å². The lowest BCUT2D eigenvalue weighted by molar-refractivity contribution is 0.0623. The van der Waals surface area contributed by atoms with Crippen LogP contribution in [0.3, 0.4) is 0 Å². The SMILES string of the molecule is COc1ccc(OC)c(C(=O)CN2C(=O)c3cc(Cl)c(Cl)cc3C2=O)c1. The molecule has 0 saturated heterocycles. The van der Waals surface area contributed by atoms with Gasteiger partial charge in [-0.25, -0.2) is 0 Å². The number of benzene rings is 2. The van der Waals surface area contributed by atoms with Crippen LogP contribution in [-0.2, 0) is 0 Å². The van der Waals surface area contributed by atoms with Gasteiger partial charge in [-0.05, 0) is 30.3 Å². The van der Waals surface area contributed by atoms with Crippen LogP contribution in [0.4, 0.5) is 0 Å². The van der Waals surface area contributed by atoms with Crippen LogP contribution in [0.2, 0.25) is 10.0 Å². The summed E-state index contributed by atoms with van der Waals surface area (Å²) in [6, 6.07) is 7.37. The van der Waals surface area contributed by atoms with Crippen LogP contribution in [0.15, 0.2) is 30.3 Å². The molecule has 0 spiro atoms. The highest BCUT2D eigenvalue weighted by Gasteiger charge is 2.37.